The van der Waals surface area contributed by atoms with Gasteiger partial charge < -0.3 is 14.6 Å². The number of nitrogens with one attached hydrogen (secondary N) is 2. The molecule has 33 heavy (non-hydrogen) atoms. The predicted molar refractivity (Wildman–Crippen MR) is 112 cm³/mol. The molecule has 2 heterocycles. The summed E-state index contributed by atoms with van der Waals surface area (Å²) in [5.41, 5.74) is 2.71. The van der Waals surface area contributed by atoms with Crippen LogP contribution < -0.4 is 10.8 Å². The number of amides is 1. The minimum Gasteiger partial charge on any atom is -0.436 e. The van der Waals surface area contributed by atoms with Gasteiger partial charge in [-0.25, -0.2) is 14.8 Å². The van der Waals surface area contributed by atoms with Gasteiger partial charge in [0.05, 0.1) is 5.56 Å². The molecule has 2 aromatic heterocycles. The highest BCUT2D eigenvalue weighted by atomic mass is 19.4. The Morgan fingerprint density at radius 3 is 2.48 bits per heavy atom. The lowest BCUT2D eigenvalue weighted by Gasteiger charge is -2.16. The lowest BCUT2D eigenvalue weighted by atomic mass is 10.1. The van der Waals surface area contributed by atoms with Crippen molar-refractivity contribution < 1.29 is 32.0 Å². The van der Waals surface area contributed by atoms with Crippen molar-refractivity contribution >= 4 is 28.8 Å². The van der Waals surface area contributed by atoms with Crippen molar-refractivity contribution in [1.29, 1.82) is 0 Å². The van der Waals surface area contributed by atoms with Gasteiger partial charge in [-0.1, -0.05) is 25.7 Å². The van der Waals surface area contributed by atoms with E-state index in [9.17, 15) is 22.8 Å². The Bertz CT molecular complexity index is 1140. The molecule has 0 spiro atoms. The van der Waals surface area contributed by atoms with E-state index < -0.39 is 18.1 Å². The molecule has 1 fully saturated rings. The fraction of sp³-hybridized carbons (Fsp3) is 0.364. The average Bonchev–Trinajstić information content (AvgIpc) is 3.05. The molecule has 0 radical (unpaired) electrons. The number of halogens is 3. The maximum atomic E-state index is 12.2. The molecule has 11 heteroatoms. The summed E-state index contributed by atoms with van der Waals surface area (Å²) in [6, 6.07) is 8.15. The van der Waals surface area contributed by atoms with Gasteiger partial charge in [0.1, 0.15) is 11.3 Å². The normalized spacial score (nSPS) is 15.1. The summed E-state index contributed by atoms with van der Waals surface area (Å²) in [6.07, 6.45) is 3.63. The van der Waals surface area contributed by atoms with Crippen molar-refractivity contribution in [3.8, 4) is 11.5 Å². The van der Waals surface area contributed by atoms with E-state index in [2.05, 4.69) is 20.1 Å². The first-order valence-corrected chi connectivity index (χ1v) is 10.5. The Kier molecular flexibility index (Phi) is 6.47. The van der Waals surface area contributed by atoms with Crippen molar-refractivity contribution in [1.82, 2.24) is 15.4 Å². The van der Waals surface area contributed by atoms with E-state index in [1.54, 1.807) is 6.20 Å². The topological polar surface area (TPSA) is 106 Å². The number of carbonyl (C=O) groups is 2. The smallest absolute Gasteiger partial charge is 0.436 e. The number of hydrogen-bond donors (Lipinski definition) is 2. The molecule has 1 amide bonds. The summed E-state index contributed by atoms with van der Waals surface area (Å²) in [4.78, 5) is 35.2. The number of fused-ring (bicyclic) bond motifs is 1. The first kappa shape index (κ1) is 22.6. The first-order chi connectivity index (χ1) is 15.8. The maximum Gasteiger partial charge on any atom is 0.493 e. The number of nitrogens with zero attached hydrogens (tertiary/aromatic N) is 2. The number of rotatable bonds is 4. The Morgan fingerprint density at radius 1 is 1.06 bits per heavy atom. The van der Waals surface area contributed by atoms with Crippen LogP contribution in [0, 0.1) is 0 Å². The van der Waals surface area contributed by atoms with Crippen LogP contribution in [0.1, 0.15) is 48.9 Å². The number of benzene rings is 1. The maximum absolute atomic E-state index is 12.2. The highest BCUT2D eigenvalue weighted by Crippen LogP contribution is 2.26. The molecule has 1 aliphatic rings. The van der Waals surface area contributed by atoms with Gasteiger partial charge >= 0.3 is 12.1 Å². The summed E-state index contributed by atoms with van der Waals surface area (Å²) >= 11 is 0. The van der Waals surface area contributed by atoms with Gasteiger partial charge in [-0.15, -0.1) is 0 Å². The molecule has 1 aromatic carbocycles. The molecule has 1 aliphatic carbocycles. The van der Waals surface area contributed by atoms with Crippen LogP contribution in [-0.2, 0) is 9.63 Å². The Morgan fingerprint density at radius 2 is 1.82 bits per heavy atom. The van der Waals surface area contributed by atoms with E-state index in [1.165, 1.54) is 49.4 Å². The number of oxazole rings is 1. The monoisotopic (exact) mass is 462 g/mol. The van der Waals surface area contributed by atoms with Crippen LogP contribution in [0.3, 0.4) is 0 Å². The molecule has 8 nitrogen and oxygen atoms in total. The highest BCUT2D eigenvalue weighted by Gasteiger charge is 2.42. The van der Waals surface area contributed by atoms with Crippen LogP contribution in [0.2, 0.25) is 0 Å². The third kappa shape index (κ3) is 5.60. The summed E-state index contributed by atoms with van der Waals surface area (Å²) < 4.78 is 42.2. The second-order valence-corrected chi connectivity index (χ2v) is 7.78. The van der Waals surface area contributed by atoms with Crippen LogP contribution >= 0.6 is 0 Å². The van der Waals surface area contributed by atoms with E-state index in [4.69, 9.17) is 4.42 Å². The molecule has 0 atom stereocenters. The van der Waals surface area contributed by atoms with Gasteiger partial charge in [-0.2, -0.15) is 18.7 Å². The van der Waals surface area contributed by atoms with Crippen LogP contribution in [-0.4, -0.2) is 34.1 Å². The molecule has 0 bridgehead atoms. The molecule has 1 saturated carbocycles. The summed E-state index contributed by atoms with van der Waals surface area (Å²) in [5.74, 6) is -2.51. The summed E-state index contributed by atoms with van der Waals surface area (Å²) in [7, 11) is 0. The molecule has 174 valence electrons. The largest absolute Gasteiger partial charge is 0.493 e. The van der Waals surface area contributed by atoms with E-state index in [0.29, 0.717) is 22.7 Å². The van der Waals surface area contributed by atoms with E-state index in [0.717, 1.165) is 18.7 Å². The highest BCUT2D eigenvalue weighted by molar-refractivity contribution is 5.97. The summed E-state index contributed by atoms with van der Waals surface area (Å²) in [6.45, 7) is 0. The van der Waals surface area contributed by atoms with Crippen molar-refractivity contribution in [3.05, 3.63) is 42.1 Å². The van der Waals surface area contributed by atoms with Crippen LogP contribution in [0.15, 0.2) is 40.9 Å². The molecule has 0 unspecified atom stereocenters. The number of hydroxylamine groups is 1. The van der Waals surface area contributed by atoms with Gasteiger partial charge in [0.25, 0.3) is 5.91 Å². The number of alkyl halides is 3. The predicted octanol–water partition coefficient (Wildman–Crippen LogP) is 4.77. The number of pyridine rings is 1. The van der Waals surface area contributed by atoms with Gasteiger partial charge in [0.2, 0.25) is 5.89 Å². The average molecular weight is 462 g/mol. The number of anilines is 1. The molecular weight excluding hydrogens is 441 g/mol. The van der Waals surface area contributed by atoms with Gasteiger partial charge in [-0.05, 0) is 43.2 Å². The Balaban J connectivity index is 1.43. The molecule has 0 aliphatic heterocycles. The van der Waals surface area contributed by atoms with E-state index in [1.807, 2.05) is 12.1 Å². The zero-order valence-electron chi connectivity index (χ0n) is 17.4. The summed E-state index contributed by atoms with van der Waals surface area (Å²) in [5, 5.41) is 3.46. The number of hydrogen-bond acceptors (Lipinski definition) is 7. The number of carbonyl (C=O) groups excluding carboxylic acids is 2. The van der Waals surface area contributed by atoms with Crippen molar-refractivity contribution in [2.45, 2.75) is 50.7 Å². The Labute approximate surface area is 186 Å². The minimum absolute atomic E-state index is 0.0570. The van der Waals surface area contributed by atoms with Crippen LogP contribution in [0.5, 0.6) is 0 Å². The molecule has 3 aromatic rings. The van der Waals surface area contributed by atoms with Crippen LogP contribution in [0.25, 0.3) is 22.6 Å². The minimum atomic E-state index is -5.22. The van der Waals surface area contributed by atoms with Crippen molar-refractivity contribution in [2.24, 2.45) is 0 Å². The molecule has 0 saturated heterocycles. The lowest BCUT2D eigenvalue weighted by molar-refractivity contribution is -0.204. The number of aromatic nitrogens is 2. The second kappa shape index (κ2) is 9.47. The SMILES string of the molecule is O=C(NOC(=O)C(F)(F)F)c1ccc2oc(-c3ccc(NC4CCCCCC4)nc3)nc2c1. The van der Waals surface area contributed by atoms with Crippen LogP contribution in [0.4, 0.5) is 19.0 Å². The van der Waals surface area contributed by atoms with Gasteiger partial charge in [0, 0.05) is 17.8 Å². The van der Waals surface area contributed by atoms with E-state index >= 15 is 0 Å². The fourth-order valence-corrected chi connectivity index (χ4v) is 3.64. The second-order valence-electron chi connectivity index (χ2n) is 7.78. The molecule has 4 rings (SSSR count). The third-order valence-electron chi connectivity index (χ3n) is 5.34. The van der Waals surface area contributed by atoms with Crippen molar-refractivity contribution in [3.63, 3.8) is 0 Å². The lowest BCUT2D eigenvalue weighted by Crippen LogP contribution is -2.34. The first-order valence-electron chi connectivity index (χ1n) is 10.5. The molecule has 2 N–H and O–H groups in total. The quantitative estimate of drug-likeness (QED) is 0.425. The van der Waals surface area contributed by atoms with E-state index in [-0.39, 0.29) is 11.5 Å². The Hall–Kier alpha value is -3.63. The van der Waals surface area contributed by atoms with Crippen molar-refractivity contribution in [2.75, 3.05) is 5.32 Å². The standard InChI is InChI=1S/C22H21F3N4O4/c23-22(24,25)21(31)33-29-19(30)13-7-9-17-16(11-13)28-20(32-17)14-8-10-18(26-12-14)27-15-5-3-1-2-4-6-15/h7-12,15H,1-6H2,(H,26,27)(H,29,30). The van der Waals surface area contributed by atoms with Gasteiger partial charge in [0.15, 0.2) is 5.58 Å². The van der Waals surface area contributed by atoms with Gasteiger partial charge in [-0.3, -0.25) is 4.79 Å². The third-order valence-corrected chi connectivity index (χ3v) is 5.34. The molecular formula is C22H21F3N4O4. The fourth-order valence-electron chi connectivity index (χ4n) is 3.64. The zero-order valence-corrected chi connectivity index (χ0v) is 17.4. The zero-order chi connectivity index (χ0) is 23.4.